The molecule has 2 aliphatic heterocycles. The van der Waals surface area contributed by atoms with Crippen molar-refractivity contribution < 1.29 is 4.74 Å². The van der Waals surface area contributed by atoms with Gasteiger partial charge in [-0.3, -0.25) is 0 Å². The maximum atomic E-state index is 6.97. The summed E-state index contributed by atoms with van der Waals surface area (Å²) in [5.41, 5.74) is 9.88. The van der Waals surface area contributed by atoms with Gasteiger partial charge >= 0.3 is 0 Å². The number of nitrogens with two attached hydrogens (primary N) is 1. The third-order valence-electron chi connectivity index (χ3n) is 5.95. The number of fused-ring (bicyclic) bond motifs is 1. The third kappa shape index (κ3) is 2.34. The largest absolute Gasteiger partial charge is 0.375 e. The average Bonchev–Trinajstić information content (AvgIpc) is 2.87. The molecule has 0 bridgehead atoms. The first-order valence-corrected chi connectivity index (χ1v) is 9.46. The van der Waals surface area contributed by atoms with Gasteiger partial charge in [0.15, 0.2) is 0 Å². The predicted octanol–water partition coefficient (Wildman–Crippen LogP) is 3.48. The minimum atomic E-state index is -0.113. The zero-order chi connectivity index (χ0) is 14.3. The van der Waals surface area contributed by atoms with Gasteiger partial charge in [0.25, 0.3) is 0 Å². The summed E-state index contributed by atoms with van der Waals surface area (Å²) < 4.78 is 6.26. The Hall–Kier alpha value is -0.510. The van der Waals surface area contributed by atoms with E-state index in [2.05, 4.69) is 36.0 Å². The topological polar surface area (TPSA) is 35.2 Å². The van der Waals surface area contributed by atoms with Crippen LogP contribution >= 0.6 is 11.8 Å². The Labute approximate surface area is 131 Å². The minimum absolute atomic E-state index is 0.113. The molecule has 2 unspecified atom stereocenters. The summed E-state index contributed by atoms with van der Waals surface area (Å²) >= 11 is 2.07. The van der Waals surface area contributed by atoms with E-state index in [0.29, 0.717) is 5.92 Å². The Kier molecular flexibility index (Phi) is 3.55. The number of thioether (sulfide) groups is 1. The fraction of sp³-hybridized carbons (Fsp3) is 0.667. The number of hydrogen-bond donors (Lipinski definition) is 1. The predicted molar refractivity (Wildman–Crippen MR) is 88.6 cm³/mol. The molecule has 1 aromatic rings. The highest BCUT2D eigenvalue weighted by atomic mass is 32.2. The van der Waals surface area contributed by atoms with Crippen molar-refractivity contribution in [3.05, 3.63) is 35.4 Å². The molecule has 1 aliphatic carbocycles. The second kappa shape index (κ2) is 5.29. The van der Waals surface area contributed by atoms with Crippen LogP contribution in [0.2, 0.25) is 0 Å². The van der Waals surface area contributed by atoms with Crippen LogP contribution in [0.4, 0.5) is 0 Å². The molecule has 114 valence electrons. The van der Waals surface area contributed by atoms with Crippen molar-refractivity contribution in [3.8, 4) is 0 Å². The van der Waals surface area contributed by atoms with Crippen LogP contribution < -0.4 is 5.73 Å². The smallest absolute Gasteiger partial charge is 0.0701 e. The zero-order valence-electron chi connectivity index (χ0n) is 12.6. The van der Waals surface area contributed by atoms with E-state index < -0.39 is 0 Å². The Morgan fingerprint density at radius 3 is 2.81 bits per heavy atom. The van der Waals surface area contributed by atoms with Gasteiger partial charge in [0.2, 0.25) is 0 Å². The molecule has 3 aliphatic rings. The second-order valence-corrected chi connectivity index (χ2v) is 8.26. The highest BCUT2D eigenvalue weighted by Gasteiger charge is 2.48. The molecule has 2 heterocycles. The first-order valence-electron chi connectivity index (χ1n) is 8.31. The van der Waals surface area contributed by atoms with E-state index >= 15 is 0 Å². The molecule has 0 amide bonds. The number of hydrogen-bond acceptors (Lipinski definition) is 3. The van der Waals surface area contributed by atoms with E-state index in [4.69, 9.17) is 10.5 Å². The molecular formula is C18H25NOS. The summed E-state index contributed by atoms with van der Waals surface area (Å²) in [4.78, 5) is 0. The summed E-state index contributed by atoms with van der Waals surface area (Å²) in [6.07, 6.45) is 6.98. The standard InChI is InChI=1S/C18H25NOS/c19-18(7-5-14-3-1-2-4-16(14)18)15-6-10-20-17(13-15)8-11-21-12-9-17/h1-4,15H,5-13,19H2. The van der Waals surface area contributed by atoms with Crippen molar-refractivity contribution in [2.45, 2.75) is 49.7 Å². The highest BCUT2D eigenvalue weighted by Crippen LogP contribution is 2.49. The zero-order valence-corrected chi connectivity index (χ0v) is 13.5. The molecule has 2 fully saturated rings. The van der Waals surface area contributed by atoms with Crippen molar-refractivity contribution in [3.63, 3.8) is 0 Å². The molecule has 0 radical (unpaired) electrons. The van der Waals surface area contributed by atoms with Crippen LogP contribution in [0.15, 0.2) is 24.3 Å². The maximum absolute atomic E-state index is 6.97. The van der Waals surface area contributed by atoms with Gasteiger partial charge < -0.3 is 10.5 Å². The van der Waals surface area contributed by atoms with E-state index in [-0.39, 0.29) is 11.1 Å². The Morgan fingerprint density at radius 1 is 1.14 bits per heavy atom. The van der Waals surface area contributed by atoms with Gasteiger partial charge in [0.1, 0.15) is 0 Å². The van der Waals surface area contributed by atoms with E-state index in [1.165, 1.54) is 41.9 Å². The lowest BCUT2D eigenvalue weighted by Crippen LogP contribution is -2.51. The molecule has 3 heteroatoms. The summed E-state index contributed by atoms with van der Waals surface area (Å²) in [5, 5.41) is 0. The maximum Gasteiger partial charge on any atom is 0.0701 e. The summed E-state index contributed by atoms with van der Waals surface area (Å²) in [7, 11) is 0. The lowest BCUT2D eigenvalue weighted by molar-refractivity contribution is -0.114. The van der Waals surface area contributed by atoms with Gasteiger partial charge in [-0.25, -0.2) is 0 Å². The number of rotatable bonds is 1. The van der Waals surface area contributed by atoms with Crippen molar-refractivity contribution in [1.29, 1.82) is 0 Å². The molecule has 1 spiro atoms. The van der Waals surface area contributed by atoms with Crippen LogP contribution in [0.25, 0.3) is 0 Å². The van der Waals surface area contributed by atoms with Crippen LogP contribution in [0.5, 0.6) is 0 Å². The normalized spacial score (nSPS) is 34.8. The van der Waals surface area contributed by atoms with Gasteiger partial charge in [-0.15, -0.1) is 0 Å². The second-order valence-electron chi connectivity index (χ2n) is 7.03. The minimum Gasteiger partial charge on any atom is -0.375 e. The lowest BCUT2D eigenvalue weighted by Gasteiger charge is -2.48. The van der Waals surface area contributed by atoms with Crippen LogP contribution in [0.1, 0.15) is 43.2 Å². The molecular weight excluding hydrogens is 278 g/mol. The van der Waals surface area contributed by atoms with E-state index in [1.807, 2.05) is 0 Å². The quantitative estimate of drug-likeness (QED) is 0.862. The molecule has 0 saturated carbocycles. The fourth-order valence-electron chi connectivity index (χ4n) is 4.65. The van der Waals surface area contributed by atoms with Gasteiger partial charge in [-0.05, 0) is 67.1 Å². The molecule has 0 aromatic heterocycles. The summed E-state index contributed by atoms with van der Waals surface area (Å²) in [6.45, 7) is 0.899. The van der Waals surface area contributed by atoms with Gasteiger partial charge in [0.05, 0.1) is 5.60 Å². The van der Waals surface area contributed by atoms with E-state index in [9.17, 15) is 0 Å². The van der Waals surface area contributed by atoms with Gasteiger partial charge in [0, 0.05) is 12.1 Å². The van der Waals surface area contributed by atoms with Crippen LogP contribution in [0.3, 0.4) is 0 Å². The Bertz CT molecular complexity index is 520. The third-order valence-corrected chi connectivity index (χ3v) is 6.94. The fourth-order valence-corrected chi connectivity index (χ4v) is 5.89. The molecule has 4 rings (SSSR count). The van der Waals surface area contributed by atoms with E-state index in [0.717, 1.165) is 25.9 Å². The lowest BCUT2D eigenvalue weighted by atomic mass is 9.70. The monoisotopic (exact) mass is 303 g/mol. The molecule has 2 nitrogen and oxygen atoms in total. The number of ether oxygens (including phenoxy) is 1. The summed E-state index contributed by atoms with van der Waals surface area (Å²) in [6, 6.07) is 8.82. The van der Waals surface area contributed by atoms with Crippen LogP contribution in [-0.4, -0.2) is 23.7 Å². The Morgan fingerprint density at radius 2 is 1.95 bits per heavy atom. The molecule has 2 atom stereocenters. The SMILES string of the molecule is NC1(C2CCOC3(CCSCC3)C2)CCc2ccccc21. The molecule has 2 saturated heterocycles. The van der Waals surface area contributed by atoms with Crippen molar-refractivity contribution >= 4 is 11.8 Å². The van der Waals surface area contributed by atoms with E-state index in [1.54, 1.807) is 0 Å². The number of aryl methyl sites for hydroxylation is 1. The van der Waals surface area contributed by atoms with Crippen LogP contribution in [-0.2, 0) is 16.7 Å². The van der Waals surface area contributed by atoms with Crippen molar-refractivity contribution in [1.82, 2.24) is 0 Å². The Balaban J connectivity index is 1.61. The summed E-state index contributed by atoms with van der Waals surface area (Å²) in [5.74, 6) is 3.08. The first kappa shape index (κ1) is 14.1. The first-order chi connectivity index (χ1) is 10.2. The van der Waals surface area contributed by atoms with Gasteiger partial charge in [-0.2, -0.15) is 11.8 Å². The average molecular weight is 303 g/mol. The number of benzene rings is 1. The van der Waals surface area contributed by atoms with Crippen molar-refractivity contribution in [2.75, 3.05) is 18.1 Å². The highest BCUT2D eigenvalue weighted by molar-refractivity contribution is 7.99. The van der Waals surface area contributed by atoms with Crippen LogP contribution in [0, 0.1) is 5.92 Å². The molecule has 21 heavy (non-hydrogen) atoms. The molecule has 2 N–H and O–H groups in total. The van der Waals surface area contributed by atoms with Gasteiger partial charge in [-0.1, -0.05) is 24.3 Å². The molecule has 1 aromatic carbocycles. The van der Waals surface area contributed by atoms with Crippen molar-refractivity contribution in [2.24, 2.45) is 11.7 Å².